The SMILES string of the molecule is O=[N+]([O-])c1ncccc1OCc1nc(Cl)c2ccsc2n1. The van der Waals surface area contributed by atoms with Gasteiger partial charge in [-0.1, -0.05) is 11.6 Å². The smallest absolute Gasteiger partial charge is 0.406 e. The van der Waals surface area contributed by atoms with E-state index in [1.165, 1.54) is 23.6 Å². The fourth-order valence-electron chi connectivity index (χ4n) is 1.70. The largest absolute Gasteiger partial charge is 0.477 e. The van der Waals surface area contributed by atoms with Crippen LogP contribution in [0.3, 0.4) is 0 Å². The van der Waals surface area contributed by atoms with Gasteiger partial charge >= 0.3 is 5.82 Å². The Kier molecular flexibility index (Phi) is 3.63. The highest BCUT2D eigenvalue weighted by molar-refractivity contribution is 7.16. The van der Waals surface area contributed by atoms with Crippen LogP contribution < -0.4 is 4.74 Å². The van der Waals surface area contributed by atoms with E-state index in [0.717, 1.165) is 10.2 Å². The van der Waals surface area contributed by atoms with Crippen LogP contribution in [0.2, 0.25) is 5.15 Å². The number of nitrogens with zero attached hydrogens (tertiary/aromatic N) is 4. The van der Waals surface area contributed by atoms with Gasteiger partial charge in [-0.05, 0) is 33.5 Å². The zero-order chi connectivity index (χ0) is 14.8. The van der Waals surface area contributed by atoms with E-state index in [2.05, 4.69) is 15.0 Å². The van der Waals surface area contributed by atoms with E-state index in [0.29, 0.717) is 11.0 Å². The van der Waals surface area contributed by atoms with Gasteiger partial charge in [0.15, 0.2) is 5.82 Å². The minimum atomic E-state index is -0.606. The van der Waals surface area contributed by atoms with E-state index in [1.54, 1.807) is 6.07 Å². The molecule has 0 N–H and O–H groups in total. The molecule has 9 heteroatoms. The molecule has 0 amide bonds. The summed E-state index contributed by atoms with van der Waals surface area (Å²) in [7, 11) is 0. The van der Waals surface area contributed by atoms with Crippen molar-refractivity contribution >= 4 is 39.0 Å². The summed E-state index contributed by atoms with van der Waals surface area (Å²) in [5.41, 5.74) is 0. The molecule has 0 saturated carbocycles. The summed E-state index contributed by atoms with van der Waals surface area (Å²) in [5, 5.41) is 13.8. The standard InChI is InChI=1S/C12H7ClN4O3S/c13-10-7-3-5-21-12(7)16-9(15-10)6-20-8-2-1-4-14-11(8)17(18)19/h1-5H,6H2. The molecular formula is C12H7ClN4O3S. The van der Waals surface area contributed by atoms with Gasteiger partial charge in [0.05, 0.1) is 0 Å². The minimum Gasteiger partial charge on any atom is -0.477 e. The summed E-state index contributed by atoms with van der Waals surface area (Å²) in [6.07, 6.45) is 1.33. The number of halogens is 1. The molecule has 0 atom stereocenters. The van der Waals surface area contributed by atoms with Crippen molar-refractivity contribution in [2.45, 2.75) is 6.61 Å². The van der Waals surface area contributed by atoms with Crippen molar-refractivity contribution in [2.24, 2.45) is 0 Å². The first-order valence-corrected chi connectivity index (χ1v) is 7.03. The Morgan fingerprint density at radius 1 is 1.38 bits per heavy atom. The van der Waals surface area contributed by atoms with Gasteiger partial charge < -0.3 is 14.9 Å². The number of hydrogen-bond acceptors (Lipinski definition) is 7. The molecule has 21 heavy (non-hydrogen) atoms. The first-order chi connectivity index (χ1) is 10.1. The van der Waals surface area contributed by atoms with Gasteiger partial charge in [0, 0.05) is 5.39 Å². The number of aromatic nitrogens is 3. The van der Waals surface area contributed by atoms with Crippen LogP contribution in [-0.2, 0) is 6.61 Å². The van der Waals surface area contributed by atoms with E-state index in [9.17, 15) is 10.1 Å². The molecule has 3 aromatic rings. The van der Waals surface area contributed by atoms with Gasteiger partial charge in [-0.15, -0.1) is 11.3 Å². The van der Waals surface area contributed by atoms with Gasteiger partial charge in [0.1, 0.15) is 22.8 Å². The van der Waals surface area contributed by atoms with Gasteiger partial charge in [-0.25, -0.2) is 9.97 Å². The normalized spacial score (nSPS) is 10.7. The van der Waals surface area contributed by atoms with Gasteiger partial charge in [0.25, 0.3) is 0 Å². The summed E-state index contributed by atoms with van der Waals surface area (Å²) in [6.45, 7) is -0.0277. The van der Waals surface area contributed by atoms with Crippen LogP contribution in [0.1, 0.15) is 5.82 Å². The van der Waals surface area contributed by atoms with E-state index >= 15 is 0 Å². The lowest BCUT2D eigenvalue weighted by Crippen LogP contribution is -2.04. The number of fused-ring (bicyclic) bond motifs is 1. The average molecular weight is 323 g/mol. The van der Waals surface area contributed by atoms with Crippen molar-refractivity contribution in [3.8, 4) is 5.75 Å². The monoisotopic (exact) mass is 322 g/mol. The highest BCUT2D eigenvalue weighted by atomic mass is 35.5. The Morgan fingerprint density at radius 3 is 3.05 bits per heavy atom. The summed E-state index contributed by atoms with van der Waals surface area (Å²) in [5.74, 6) is 0.0717. The van der Waals surface area contributed by atoms with Gasteiger partial charge in [0.2, 0.25) is 5.75 Å². The zero-order valence-corrected chi connectivity index (χ0v) is 12.0. The first-order valence-electron chi connectivity index (χ1n) is 5.77. The third-order valence-electron chi connectivity index (χ3n) is 2.61. The molecule has 0 radical (unpaired) electrons. The van der Waals surface area contributed by atoms with E-state index in [4.69, 9.17) is 16.3 Å². The molecule has 7 nitrogen and oxygen atoms in total. The molecule has 3 rings (SSSR count). The molecule has 0 fully saturated rings. The fraction of sp³-hybridized carbons (Fsp3) is 0.0833. The number of pyridine rings is 1. The van der Waals surface area contributed by atoms with Crippen LogP contribution in [0.5, 0.6) is 5.75 Å². The maximum Gasteiger partial charge on any atom is 0.406 e. The lowest BCUT2D eigenvalue weighted by atomic mass is 10.4. The molecule has 0 aromatic carbocycles. The first kappa shape index (κ1) is 13.7. The molecule has 3 aromatic heterocycles. The van der Waals surface area contributed by atoms with Crippen molar-refractivity contribution < 1.29 is 9.66 Å². The Morgan fingerprint density at radius 2 is 2.24 bits per heavy atom. The molecule has 3 heterocycles. The summed E-state index contributed by atoms with van der Waals surface area (Å²) in [6, 6.07) is 4.86. The Balaban J connectivity index is 1.85. The van der Waals surface area contributed by atoms with Crippen molar-refractivity contribution in [1.29, 1.82) is 0 Å². The molecule has 0 aliphatic heterocycles. The zero-order valence-electron chi connectivity index (χ0n) is 10.4. The van der Waals surface area contributed by atoms with Crippen LogP contribution in [0, 0.1) is 10.1 Å². The third kappa shape index (κ3) is 2.76. The molecule has 0 spiro atoms. The van der Waals surface area contributed by atoms with Crippen molar-refractivity contribution in [3.05, 3.63) is 50.9 Å². The van der Waals surface area contributed by atoms with Crippen molar-refractivity contribution in [1.82, 2.24) is 15.0 Å². The van der Waals surface area contributed by atoms with Gasteiger partial charge in [-0.2, -0.15) is 0 Å². The topological polar surface area (TPSA) is 91.0 Å². The number of rotatable bonds is 4. The lowest BCUT2D eigenvalue weighted by molar-refractivity contribution is -0.390. The quantitative estimate of drug-likeness (QED) is 0.416. The number of ether oxygens (including phenoxy) is 1. The molecule has 0 aliphatic rings. The predicted molar refractivity (Wildman–Crippen MR) is 77.6 cm³/mol. The maximum atomic E-state index is 10.8. The molecule has 0 aliphatic carbocycles. The fourth-order valence-corrected chi connectivity index (χ4v) is 2.79. The van der Waals surface area contributed by atoms with E-state index < -0.39 is 4.92 Å². The third-order valence-corrected chi connectivity index (χ3v) is 3.70. The summed E-state index contributed by atoms with van der Waals surface area (Å²) < 4.78 is 5.38. The number of hydrogen-bond donors (Lipinski definition) is 0. The number of thiophene rings is 1. The molecule has 0 bridgehead atoms. The Hall–Kier alpha value is -2.32. The second kappa shape index (κ2) is 5.58. The van der Waals surface area contributed by atoms with Crippen molar-refractivity contribution in [2.75, 3.05) is 0 Å². The summed E-state index contributed by atoms with van der Waals surface area (Å²) in [4.78, 5) is 23.0. The lowest BCUT2D eigenvalue weighted by Gasteiger charge is -2.05. The highest BCUT2D eigenvalue weighted by Crippen LogP contribution is 2.26. The molecule has 0 saturated heterocycles. The molecular weight excluding hydrogens is 316 g/mol. The highest BCUT2D eigenvalue weighted by Gasteiger charge is 2.16. The van der Waals surface area contributed by atoms with Gasteiger partial charge in [-0.3, -0.25) is 0 Å². The van der Waals surface area contributed by atoms with Crippen molar-refractivity contribution in [3.63, 3.8) is 0 Å². The second-order valence-corrected chi connectivity index (χ2v) is 5.19. The van der Waals surface area contributed by atoms with Crippen LogP contribution in [0.4, 0.5) is 5.82 Å². The molecule has 106 valence electrons. The Labute approximate surface area is 127 Å². The average Bonchev–Trinajstić information content (AvgIpc) is 2.94. The van der Waals surface area contributed by atoms with Crippen LogP contribution in [-0.4, -0.2) is 19.9 Å². The van der Waals surface area contributed by atoms with Crippen LogP contribution >= 0.6 is 22.9 Å². The number of nitro groups is 1. The van der Waals surface area contributed by atoms with Crippen LogP contribution in [0.25, 0.3) is 10.2 Å². The molecule has 0 unspecified atom stereocenters. The Bertz CT molecular complexity index is 823. The predicted octanol–water partition coefficient (Wildman–Crippen LogP) is 3.23. The minimum absolute atomic E-state index is 0.0277. The van der Waals surface area contributed by atoms with E-state index in [1.807, 2.05) is 11.4 Å². The van der Waals surface area contributed by atoms with Crippen LogP contribution in [0.15, 0.2) is 29.8 Å². The summed E-state index contributed by atoms with van der Waals surface area (Å²) >= 11 is 7.48. The van der Waals surface area contributed by atoms with E-state index in [-0.39, 0.29) is 18.2 Å². The second-order valence-electron chi connectivity index (χ2n) is 3.94. The maximum absolute atomic E-state index is 10.8.